The van der Waals surface area contributed by atoms with Crippen molar-refractivity contribution in [1.29, 1.82) is 0 Å². The number of thiazole rings is 1. The van der Waals surface area contributed by atoms with Crippen LogP contribution in [0.1, 0.15) is 97.5 Å². The minimum atomic E-state index is -0.917. The van der Waals surface area contributed by atoms with Crippen molar-refractivity contribution in [1.82, 2.24) is 35.3 Å². The fraction of sp³-hybridized carbons (Fsp3) is 0.385. The van der Waals surface area contributed by atoms with Gasteiger partial charge in [0.2, 0.25) is 23.6 Å². The number of fused-ring (bicyclic) bond motifs is 3. The average Bonchev–Trinajstić information content (AvgIpc) is 4.09. The monoisotopic (exact) mass is 985 g/mol. The Bertz CT molecular complexity index is 2920. The Morgan fingerprint density at radius 2 is 1.66 bits per heavy atom. The maximum absolute atomic E-state index is 13.8. The zero-order valence-corrected chi connectivity index (χ0v) is 42.3. The minimum absolute atomic E-state index is 0.0139. The van der Waals surface area contributed by atoms with Gasteiger partial charge in [0.15, 0.2) is 5.82 Å². The van der Waals surface area contributed by atoms with Crippen LogP contribution in [0.25, 0.3) is 15.4 Å². The smallest absolute Gasteiger partial charge is 0.246 e. The normalized spacial score (nSPS) is 16.9. The fourth-order valence-electron chi connectivity index (χ4n) is 8.75. The summed E-state index contributed by atoms with van der Waals surface area (Å²) in [4.78, 5) is 66.3. The van der Waals surface area contributed by atoms with Crippen molar-refractivity contribution in [3.63, 3.8) is 0 Å². The summed E-state index contributed by atoms with van der Waals surface area (Å²) in [7, 11) is 0. The number of nitrogens with one attached hydrogen (secondary N) is 3. The van der Waals surface area contributed by atoms with Crippen LogP contribution in [-0.4, -0.2) is 97.0 Å². The van der Waals surface area contributed by atoms with E-state index >= 15 is 0 Å². The van der Waals surface area contributed by atoms with Crippen LogP contribution < -0.4 is 25.4 Å². The highest BCUT2D eigenvalue weighted by Crippen LogP contribution is 2.40. The quantitative estimate of drug-likeness (QED) is 0.0701. The van der Waals surface area contributed by atoms with Gasteiger partial charge in [-0.1, -0.05) is 51.1 Å². The number of anilines is 1. The van der Waals surface area contributed by atoms with E-state index in [2.05, 4.69) is 45.0 Å². The van der Waals surface area contributed by atoms with Gasteiger partial charge in [-0.05, 0) is 86.7 Å². The molecule has 0 bridgehead atoms. The summed E-state index contributed by atoms with van der Waals surface area (Å²) >= 11 is 3.19. The van der Waals surface area contributed by atoms with Crippen LogP contribution in [0.3, 0.4) is 0 Å². The van der Waals surface area contributed by atoms with Crippen LogP contribution in [0.4, 0.5) is 5.69 Å². The lowest BCUT2D eigenvalue weighted by Gasteiger charge is -2.35. The van der Waals surface area contributed by atoms with E-state index in [0.29, 0.717) is 42.6 Å². The van der Waals surface area contributed by atoms with Gasteiger partial charge in [-0.15, -0.1) is 32.9 Å². The molecule has 4 N–H and O–H groups in total. The number of amides is 4. The number of likely N-dealkylation sites (tertiary alicyclic amines) is 1. The molecule has 1 saturated heterocycles. The molecular formula is C52H59N9O7S2. The molecule has 366 valence electrons. The largest absolute Gasteiger partial charge is 0.493 e. The van der Waals surface area contributed by atoms with Crippen molar-refractivity contribution in [3.8, 4) is 26.9 Å². The van der Waals surface area contributed by atoms with Crippen molar-refractivity contribution in [2.24, 2.45) is 10.4 Å². The van der Waals surface area contributed by atoms with Crippen molar-refractivity contribution in [2.45, 2.75) is 105 Å². The second kappa shape index (κ2) is 21.1. The first-order valence-electron chi connectivity index (χ1n) is 23.3. The van der Waals surface area contributed by atoms with Crippen LogP contribution >= 0.6 is 22.7 Å². The summed E-state index contributed by atoms with van der Waals surface area (Å²) in [5.41, 5.74) is 8.17. The molecule has 16 nitrogen and oxygen atoms in total. The number of nitrogens with zero attached hydrogens (tertiary/aromatic N) is 6. The first-order valence-corrected chi connectivity index (χ1v) is 25.0. The van der Waals surface area contributed by atoms with Crippen LogP contribution in [0.5, 0.6) is 11.5 Å². The molecule has 5 heterocycles. The number of aliphatic hydroxyl groups is 1. The van der Waals surface area contributed by atoms with Gasteiger partial charge in [-0.25, -0.2) is 4.98 Å². The third-order valence-corrected chi connectivity index (χ3v) is 14.6. The number of hydrogen-bond acceptors (Lipinski definition) is 13. The van der Waals surface area contributed by atoms with Gasteiger partial charge >= 0.3 is 0 Å². The van der Waals surface area contributed by atoms with Crippen molar-refractivity contribution < 1.29 is 33.8 Å². The molecular weight excluding hydrogens is 927 g/mol. The zero-order chi connectivity index (χ0) is 49.9. The molecule has 3 aromatic heterocycles. The van der Waals surface area contributed by atoms with Gasteiger partial charge < -0.3 is 35.4 Å². The lowest BCUT2D eigenvalue weighted by molar-refractivity contribution is -0.143. The Labute approximate surface area is 415 Å². The van der Waals surface area contributed by atoms with E-state index in [1.807, 2.05) is 112 Å². The summed E-state index contributed by atoms with van der Waals surface area (Å²) in [5.74, 6) is 1.22. The first kappa shape index (κ1) is 49.7. The molecule has 2 aliphatic rings. The van der Waals surface area contributed by atoms with Crippen LogP contribution in [0.2, 0.25) is 0 Å². The number of carbonyl (C=O) groups excluding carboxylic acids is 4. The molecule has 0 aliphatic carbocycles. The highest BCUT2D eigenvalue weighted by molar-refractivity contribution is 7.15. The van der Waals surface area contributed by atoms with Crippen molar-refractivity contribution >= 4 is 57.7 Å². The van der Waals surface area contributed by atoms with Gasteiger partial charge in [-0.2, -0.15) is 0 Å². The number of para-hydroxylation sites is 1. The lowest BCUT2D eigenvalue weighted by Crippen LogP contribution is -2.57. The summed E-state index contributed by atoms with van der Waals surface area (Å²) in [5, 5.41) is 29.3. The second-order valence-electron chi connectivity index (χ2n) is 18.8. The van der Waals surface area contributed by atoms with E-state index < -0.39 is 41.5 Å². The molecule has 4 atom stereocenters. The molecule has 2 aliphatic heterocycles. The third kappa shape index (κ3) is 11.0. The Morgan fingerprint density at radius 3 is 2.36 bits per heavy atom. The standard InChI is InChI=1S/C52H59N9O7S2/c1-29-31(3)70-51-44(29)45(57-40(48-59-58-32(4)61(48)51)25-43(64)56-37-13-10-9-11-14-37)34-17-19-39(20-18-34)67-21-12-22-68-42-23-35(46-30(2)54-28-69-46)15-16-36(42)26-53-49(65)41-24-38(63)27-60(41)50(66)47(52(6,7)8)55-33(5)62/h9-11,13-20,23,28,38,40-41,47,63H,12,21-22,24-27H2,1-8H3,(H,53,65)(H,55,62)(H,56,64)/t38-,40+,41+,47-/m1/s1. The number of ether oxygens (including phenoxy) is 2. The minimum Gasteiger partial charge on any atom is -0.493 e. The Kier molecular flexibility index (Phi) is 15.0. The molecule has 3 aromatic carbocycles. The van der Waals surface area contributed by atoms with Gasteiger partial charge in [0.05, 0.1) is 47.5 Å². The SMILES string of the molecule is CC(=O)N[C@H](C(=O)N1C[C@H](O)C[C@H]1C(=O)NCc1ccc(-c2scnc2C)cc1OCCCOc1ccc(C2=N[C@@H](CC(=O)Nc3ccccc3)c3nnc(C)n3-c3sc(C)c(C)c32)cc1)C(C)(C)C. The Balaban J connectivity index is 0.937. The van der Waals surface area contributed by atoms with E-state index in [9.17, 15) is 24.3 Å². The summed E-state index contributed by atoms with van der Waals surface area (Å²) in [6.45, 7) is 15.7. The van der Waals surface area contributed by atoms with E-state index in [-0.39, 0.29) is 37.7 Å². The highest BCUT2D eigenvalue weighted by Gasteiger charge is 2.44. The van der Waals surface area contributed by atoms with E-state index in [1.54, 1.807) is 16.8 Å². The molecule has 70 heavy (non-hydrogen) atoms. The van der Waals surface area contributed by atoms with E-state index in [1.165, 1.54) is 23.2 Å². The number of aryl methyl sites for hydroxylation is 3. The number of thiophene rings is 1. The number of benzene rings is 3. The number of β-amino-alcohol motifs (C(OH)–C–C–N with tert-alkyl or cyclic N) is 1. The van der Waals surface area contributed by atoms with Crippen molar-refractivity contribution in [2.75, 3.05) is 25.1 Å². The number of carbonyl (C=O) groups is 4. The maximum atomic E-state index is 13.8. The molecule has 6 aromatic rings. The summed E-state index contributed by atoms with van der Waals surface area (Å²) < 4.78 is 14.7. The van der Waals surface area contributed by atoms with E-state index in [4.69, 9.17) is 14.5 Å². The molecule has 0 radical (unpaired) electrons. The molecule has 0 saturated carbocycles. The molecule has 0 unspecified atom stereocenters. The van der Waals surface area contributed by atoms with E-state index in [0.717, 1.165) is 59.8 Å². The number of rotatable bonds is 16. The number of aliphatic imine (C=N–C) groups is 1. The average molecular weight is 986 g/mol. The molecule has 18 heteroatoms. The number of aromatic nitrogens is 4. The molecule has 8 rings (SSSR count). The Morgan fingerprint density at radius 1 is 0.929 bits per heavy atom. The predicted molar refractivity (Wildman–Crippen MR) is 271 cm³/mol. The second-order valence-corrected chi connectivity index (χ2v) is 20.9. The van der Waals surface area contributed by atoms with Gasteiger partial charge in [-0.3, -0.25) is 28.7 Å². The molecule has 1 fully saturated rings. The lowest BCUT2D eigenvalue weighted by atomic mass is 9.85. The molecule has 4 amide bonds. The number of aliphatic hydroxyl groups excluding tert-OH is 1. The topological polar surface area (TPSA) is 202 Å². The van der Waals surface area contributed by atoms with Gasteiger partial charge in [0.1, 0.15) is 40.5 Å². The molecule has 0 spiro atoms. The third-order valence-electron chi connectivity index (χ3n) is 12.5. The van der Waals surface area contributed by atoms with Crippen LogP contribution in [0.15, 0.2) is 83.3 Å². The van der Waals surface area contributed by atoms with Gasteiger partial charge in [0.25, 0.3) is 0 Å². The Hall–Kier alpha value is -6.76. The number of hydrogen-bond donors (Lipinski definition) is 4. The maximum Gasteiger partial charge on any atom is 0.246 e. The predicted octanol–water partition coefficient (Wildman–Crippen LogP) is 7.58. The van der Waals surface area contributed by atoms with Gasteiger partial charge in [0, 0.05) is 60.1 Å². The summed E-state index contributed by atoms with van der Waals surface area (Å²) in [6, 6.07) is 20.6. The highest BCUT2D eigenvalue weighted by atomic mass is 32.1. The fourth-order valence-corrected chi connectivity index (χ4v) is 10.8. The van der Waals surface area contributed by atoms with Crippen molar-refractivity contribution in [3.05, 3.63) is 123 Å². The first-order chi connectivity index (χ1) is 33.5. The zero-order valence-electron chi connectivity index (χ0n) is 40.7. The summed E-state index contributed by atoms with van der Waals surface area (Å²) in [6.07, 6.45) is -0.183. The van der Waals surface area contributed by atoms with Crippen LogP contribution in [0, 0.1) is 33.1 Å². The van der Waals surface area contributed by atoms with Crippen LogP contribution in [-0.2, 0) is 25.7 Å².